The predicted molar refractivity (Wildman–Crippen MR) is 244 cm³/mol. The van der Waals surface area contributed by atoms with Gasteiger partial charge in [-0.1, -0.05) is 48.4 Å². The standard InChI is InChI=1S/C47H65ClN4O12S/c1-26-11-9-12-36(60-8)47(59)24-34(62-45(58)50-47)28(3)41-46(5,64-41)37(23-38(53)51(7)33-21-31(19-26)20-27(2)40(33)48)63-44(57)29(4)61-17-10-18-65-35-22-39(54)52(43(35)56)25-30-13-15-32(16-14-30)42(55)49-6/h9,11-12,20-21,28-30,32,34-37,41,59H,10,13-19,22-25H2,1-8H3,(H,49,55)(H,50,58)/b12-9+,26-11+/t28-,29-,30?,32?,34+,35?,36-,37+,41+,46+,47+/m1/s1. The fourth-order valence-electron chi connectivity index (χ4n) is 9.54. The third-order valence-corrected chi connectivity index (χ3v) is 15.4. The lowest BCUT2D eigenvalue weighted by molar-refractivity contribution is -0.165. The Morgan fingerprint density at radius 1 is 1.11 bits per heavy atom. The van der Waals surface area contributed by atoms with Crippen LogP contribution in [0.5, 0.6) is 0 Å². The summed E-state index contributed by atoms with van der Waals surface area (Å²) in [6.45, 7) is 9.47. The van der Waals surface area contributed by atoms with Gasteiger partial charge in [-0.25, -0.2) is 9.59 Å². The minimum atomic E-state index is -1.83. The molecule has 4 heterocycles. The maximum Gasteiger partial charge on any atom is 0.409 e. The first-order chi connectivity index (χ1) is 30.8. The van der Waals surface area contributed by atoms with Gasteiger partial charge in [-0.05, 0) is 95.1 Å². The number of carbonyl (C=O) groups excluding carboxylic acids is 6. The van der Waals surface area contributed by atoms with Gasteiger partial charge in [0, 0.05) is 59.0 Å². The molecule has 5 aliphatic rings. The number of fused-ring (bicyclic) bond motifs is 5. The minimum Gasteiger partial charge on any atom is -0.457 e. The number of aryl methyl sites for hydroxylation is 1. The SMILES string of the molecule is CNC(=O)C1CCC(CN2C(=O)CC(SCCCO[C@H](C)C(=O)O[C@H]3CC(=O)N(C)c4cc(cc(C)c4Cl)C/C(C)=C/C=C/[C@@H](OC)[C@@]4(O)C[C@H](OC(=O)N4)[C@@H](C)[C@@H]4O[C@@]34C)C2=O)CC1. The Morgan fingerprint density at radius 3 is 2.52 bits per heavy atom. The van der Waals surface area contributed by atoms with E-state index in [2.05, 4.69) is 10.6 Å². The van der Waals surface area contributed by atoms with Crippen molar-refractivity contribution in [2.45, 2.75) is 140 Å². The summed E-state index contributed by atoms with van der Waals surface area (Å²) in [6, 6.07) is 3.81. The number of likely N-dealkylation sites (tertiary alicyclic amines) is 1. The van der Waals surface area contributed by atoms with E-state index >= 15 is 0 Å². The Balaban J connectivity index is 1.10. The van der Waals surface area contributed by atoms with E-state index in [-0.39, 0.29) is 61.3 Å². The number of nitrogens with one attached hydrogen (secondary N) is 2. The molecule has 5 amide bonds. The molecule has 4 bridgehead atoms. The van der Waals surface area contributed by atoms with Crippen LogP contribution < -0.4 is 15.5 Å². The Bertz CT molecular complexity index is 2040. The van der Waals surface area contributed by atoms with Gasteiger partial charge in [-0.15, -0.1) is 11.8 Å². The Hall–Kier alpha value is -4.00. The van der Waals surface area contributed by atoms with Crippen molar-refractivity contribution < 1.29 is 57.6 Å². The average molecular weight is 946 g/mol. The quantitative estimate of drug-likeness (QED) is 0.107. The molecule has 0 aromatic heterocycles. The third-order valence-electron chi connectivity index (χ3n) is 13.6. The molecule has 3 saturated heterocycles. The van der Waals surface area contributed by atoms with Crippen LogP contribution in [-0.4, -0.2) is 133 Å². The van der Waals surface area contributed by atoms with Crippen molar-refractivity contribution in [2.24, 2.45) is 17.8 Å². The Morgan fingerprint density at radius 2 is 1.83 bits per heavy atom. The number of esters is 1. The number of imide groups is 1. The van der Waals surface area contributed by atoms with Gasteiger partial charge >= 0.3 is 12.1 Å². The highest BCUT2D eigenvalue weighted by Crippen LogP contribution is 2.49. The summed E-state index contributed by atoms with van der Waals surface area (Å²) in [5.41, 5.74) is 0.109. The number of anilines is 1. The summed E-state index contributed by atoms with van der Waals surface area (Å²) in [5.74, 6) is -1.28. The zero-order valence-electron chi connectivity index (χ0n) is 38.7. The summed E-state index contributed by atoms with van der Waals surface area (Å²) in [6.07, 6.45) is 3.80. The number of alkyl carbamates (subject to hydrolysis) is 1. The number of nitrogens with zero attached hydrogens (tertiary/aromatic N) is 2. The Kier molecular flexibility index (Phi) is 16.5. The van der Waals surface area contributed by atoms with E-state index in [1.807, 2.05) is 39.0 Å². The van der Waals surface area contributed by atoms with Gasteiger partial charge in [0.05, 0.1) is 28.5 Å². The van der Waals surface area contributed by atoms with Crippen LogP contribution in [0.2, 0.25) is 5.02 Å². The summed E-state index contributed by atoms with van der Waals surface area (Å²) in [5, 5.41) is 16.9. The Labute approximate surface area is 390 Å². The van der Waals surface area contributed by atoms with Gasteiger partial charge in [0.2, 0.25) is 23.6 Å². The molecule has 1 saturated carbocycles. The number of ether oxygens (including phenoxy) is 5. The molecule has 6 rings (SSSR count). The summed E-state index contributed by atoms with van der Waals surface area (Å²) < 4.78 is 29.7. The molecule has 4 aliphatic heterocycles. The lowest BCUT2D eigenvalue weighted by Crippen LogP contribution is -2.63. The highest BCUT2D eigenvalue weighted by Gasteiger charge is 2.64. The number of hydrogen-bond acceptors (Lipinski definition) is 13. The van der Waals surface area contributed by atoms with Crippen LogP contribution in [-0.2, 0) is 54.1 Å². The number of hydrogen-bond donors (Lipinski definition) is 3. The van der Waals surface area contributed by atoms with Gasteiger partial charge in [0.1, 0.15) is 23.9 Å². The van der Waals surface area contributed by atoms with Gasteiger partial charge in [-0.2, -0.15) is 0 Å². The van der Waals surface area contributed by atoms with Crippen molar-refractivity contribution in [1.82, 2.24) is 15.5 Å². The molecule has 3 N–H and O–H groups in total. The molecular formula is C47H65ClN4O12S. The van der Waals surface area contributed by atoms with Gasteiger partial charge < -0.3 is 39.0 Å². The molecule has 0 radical (unpaired) electrons. The molecule has 16 nitrogen and oxygen atoms in total. The van der Waals surface area contributed by atoms with Crippen LogP contribution in [0, 0.1) is 24.7 Å². The first kappa shape index (κ1) is 50.4. The number of benzene rings is 1. The van der Waals surface area contributed by atoms with Crippen molar-refractivity contribution in [1.29, 1.82) is 0 Å². The topological polar surface area (TPSA) is 203 Å². The van der Waals surface area contributed by atoms with Crippen LogP contribution in [0.3, 0.4) is 0 Å². The number of rotatable bonds is 12. The zero-order chi connectivity index (χ0) is 47.4. The van der Waals surface area contributed by atoms with Crippen molar-refractivity contribution in [3.63, 3.8) is 0 Å². The zero-order valence-corrected chi connectivity index (χ0v) is 40.3. The maximum atomic E-state index is 14.2. The summed E-state index contributed by atoms with van der Waals surface area (Å²) in [4.78, 5) is 81.9. The monoisotopic (exact) mass is 944 g/mol. The second kappa shape index (κ2) is 21.3. The molecule has 1 aromatic carbocycles. The lowest BCUT2D eigenvalue weighted by Gasteiger charge is -2.42. The number of epoxide rings is 1. The van der Waals surface area contributed by atoms with E-state index in [1.165, 1.54) is 28.7 Å². The second-order valence-electron chi connectivity index (χ2n) is 18.4. The van der Waals surface area contributed by atoms with Crippen LogP contribution in [0.4, 0.5) is 10.5 Å². The van der Waals surface area contributed by atoms with E-state index in [1.54, 1.807) is 40.1 Å². The number of methoxy groups -OCH3 is 1. The number of amides is 5. The number of thioether (sulfide) groups is 1. The first-order valence-electron chi connectivity index (χ1n) is 22.6. The molecule has 1 unspecified atom stereocenters. The molecule has 9 atom stereocenters. The second-order valence-corrected chi connectivity index (χ2v) is 20.1. The number of halogens is 1. The fourth-order valence-corrected chi connectivity index (χ4v) is 10.9. The molecule has 358 valence electrons. The molecule has 1 aromatic rings. The predicted octanol–water partition coefficient (Wildman–Crippen LogP) is 5.18. The molecular weight excluding hydrogens is 880 g/mol. The van der Waals surface area contributed by atoms with Gasteiger partial charge in [-0.3, -0.25) is 29.4 Å². The number of allylic oxidation sites excluding steroid dienone is 3. The highest BCUT2D eigenvalue weighted by molar-refractivity contribution is 8.00. The number of aliphatic hydroxyl groups is 1. The highest BCUT2D eigenvalue weighted by atomic mass is 35.5. The summed E-state index contributed by atoms with van der Waals surface area (Å²) in [7, 11) is 4.69. The molecule has 0 spiro atoms. The van der Waals surface area contributed by atoms with Crippen molar-refractivity contribution in [3.05, 3.63) is 52.1 Å². The van der Waals surface area contributed by atoms with Crippen molar-refractivity contribution in [2.75, 3.05) is 45.0 Å². The summed E-state index contributed by atoms with van der Waals surface area (Å²) >= 11 is 8.20. The molecule has 18 heteroatoms. The van der Waals surface area contributed by atoms with Crippen molar-refractivity contribution >= 4 is 64.7 Å². The third kappa shape index (κ3) is 11.8. The molecule has 4 fully saturated rings. The fraction of sp³-hybridized carbons (Fsp3) is 0.660. The van der Waals surface area contributed by atoms with E-state index in [4.69, 9.17) is 35.3 Å². The van der Waals surface area contributed by atoms with Crippen LogP contribution in [0.15, 0.2) is 35.9 Å². The van der Waals surface area contributed by atoms with Crippen LogP contribution in [0.1, 0.15) is 90.2 Å². The van der Waals surface area contributed by atoms with E-state index in [0.29, 0.717) is 35.8 Å². The molecule has 1 aliphatic carbocycles. The lowest BCUT2D eigenvalue weighted by atomic mass is 9.81. The normalized spacial score (nSPS) is 33.8. The van der Waals surface area contributed by atoms with Gasteiger partial charge in [0.25, 0.3) is 0 Å². The minimum absolute atomic E-state index is 0.0221. The van der Waals surface area contributed by atoms with E-state index in [0.717, 1.165) is 42.4 Å². The maximum absolute atomic E-state index is 14.2. The van der Waals surface area contributed by atoms with Crippen molar-refractivity contribution in [3.8, 4) is 0 Å². The first-order valence-corrected chi connectivity index (χ1v) is 24.0. The smallest absolute Gasteiger partial charge is 0.409 e. The molecule has 65 heavy (non-hydrogen) atoms. The largest absolute Gasteiger partial charge is 0.457 e. The van der Waals surface area contributed by atoms with Crippen LogP contribution >= 0.6 is 23.4 Å². The average Bonchev–Trinajstić information content (AvgIpc) is 3.90. The van der Waals surface area contributed by atoms with E-state index < -0.39 is 65.1 Å². The van der Waals surface area contributed by atoms with Gasteiger partial charge in [0.15, 0.2) is 11.8 Å². The van der Waals surface area contributed by atoms with Crippen LogP contribution in [0.25, 0.3) is 0 Å². The van der Waals surface area contributed by atoms with E-state index in [9.17, 15) is 33.9 Å². The number of carbonyl (C=O) groups is 6.